The molecule has 6 nitrogen and oxygen atoms in total. The Kier molecular flexibility index (Phi) is 3.58. The van der Waals surface area contributed by atoms with Crippen molar-refractivity contribution in [2.75, 3.05) is 31.1 Å². The third kappa shape index (κ3) is 2.71. The molecule has 2 aliphatic rings. The van der Waals surface area contributed by atoms with Crippen LogP contribution >= 0.6 is 0 Å². The zero-order chi connectivity index (χ0) is 12.5. The van der Waals surface area contributed by atoms with Gasteiger partial charge in [-0.25, -0.2) is 13.2 Å². The molecular weight excluding hydrogens is 242 g/mol. The molecule has 2 fully saturated rings. The predicted molar refractivity (Wildman–Crippen MR) is 64.6 cm³/mol. The first-order chi connectivity index (χ1) is 8.03. The summed E-state index contributed by atoms with van der Waals surface area (Å²) in [6.07, 6.45) is 0.879. The molecule has 0 aromatic carbocycles. The second-order valence-electron chi connectivity index (χ2n) is 4.63. The molecule has 0 aromatic heterocycles. The Hall–Kier alpha value is -0.820. The van der Waals surface area contributed by atoms with Gasteiger partial charge in [-0.1, -0.05) is 6.92 Å². The number of hydrogen-bond acceptors (Lipinski definition) is 4. The summed E-state index contributed by atoms with van der Waals surface area (Å²) in [5.74, 6) is 0.236. The van der Waals surface area contributed by atoms with Gasteiger partial charge in [0.1, 0.15) is 0 Å². The molecule has 0 aliphatic carbocycles. The van der Waals surface area contributed by atoms with Gasteiger partial charge in [0.15, 0.2) is 9.84 Å². The number of rotatable bonds is 2. The topological polar surface area (TPSA) is 78.5 Å². The van der Waals surface area contributed by atoms with E-state index in [9.17, 15) is 13.2 Å². The van der Waals surface area contributed by atoms with E-state index < -0.39 is 9.84 Å². The maximum Gasteiger partial charge on any atom is 0.317 e. The fourth-order valence-electron chi connectivity index (χ4n) is 2.45. The van der Waals surface area contributed by atoms with Gasteiger partial charge in [0, 0.05) is 25.7 Å². The van der Waals surface area contributed by atoms with E-state index in [-0.39, 0.29) is 29.6 Å². The van der Waals surface area contributed by atoms with Gasteiger partial charge in [0.25, 0.3) is 0 Å². The second kappa shape index (κ2) is 4.81. The van der Waals surface area contributed by atoms with Gasteiger partial charge >= 0.3 is 6.03 Å². The molecule has 0 spiro atoms. The summed E-state index contributed by atoms with van der Waals surface area (Å²) in [5.41, 5.74) is 0. The fraction of sp³-hybridized carbons (Fsp3) is 0.900. The van der Waals surface area contributed by atoms with Crippen LogP contribution in [0.15, 0.2) is 0 Å². The first kappa shape index (κ1) is 12.6. The minimum Gasteiger partial charge on any atom is -0.338 e. The number of fused-ring (bicyclic) bond motifs is 1. The highest BCUT2D eigenvalue weighted by atomic mass is 32.2. The molecule has 7 heteroatoms. The average molecular weight is 261 g/mol. The van der Waals surface area contributed by atoms with E-state index in [4.69, 9.17) is 0 Å². The summed E-state index contributed by atoms with van der Waals surface area (Å²) in [5, 5.41) is 5.98. The number of carbonyl (C=O) groups is 1. The number of nitrogens with zero attached hydrogens (tertiary/aromatic N) is 1. The predicted octanol–water partition coefficient (Wildman–Crippen LogP) is -0.823. The molecule has 0 unspecified atom stereocenters. The number of piperazine rings is 1. The zero-order valence-electron chi connectivity index (χ0n) is 9.98. The lowest BCUT2D eigenvalue weighted by Gasteiger charge is -2.37. The molecule has 2 saturated heterocycles. The monoisotopic (exact) mass is 261 g/mol. The summed E-state index contributed by atoms with van der Waals surface area (Å²) in [6, 6.07) is -0.438. The van der Waals surface area contributed by atoms with E-state index in [1.165, 1.54) is 0 Å². The Morgan fingerprint density at radius 1 is 1.47 bits per heavy atom. The number of carbonyl (C=O) groups excluding carboxylic acids is 1. The van der Waals surface area contributed by atoms with Crippen LogP contribution in [0.25, 0.3) is 0 Å². The number of amides is 2. The standard InChI is InChI=1S/C10H19N3O3S/c1-2-3-12-10(14)13-5-4-11-8-6-17(15,16)7-9(8)13/h8-9,11H,2-7H2,1H3,(H,12,14)/t8-,9+/m1/s1. The number of sulfone groups is 1. The van der Waals surface area contributed by atoms with E-state index in [2.05, 4.69) is 10.6 Å². The third-order valence-corrected chi connectivity index (χ3v) is 4.99. The maximum absolute atomic E-state index is 11.9. The van der Waals surface area contributed by atoms with Crippen LogP contribution in [0.2, 0.25) is 0 Å². The maximum atomic E-state index is 11.9. The van der Waals surface area contributed by atoms with Crippen molar-refractivity contribution in [2.24, 2.45) is 0 Å². The van der Waals surface area contributed by atoms with Gasteiger partial charge < -0.3 is 15.5 Å². The number of hydrogen-bond donors (Lipinski definition) is 2. The Labute approximate surface area is 102 Å². The molecular formula is C10H19N3O3S. The second-order valence-corrected chi connectivity index (χ2v) is 6.78. The highest BCUT2D eigenvalue weighted by Crippen LogP contribution is 2.21. The first-order valence-corrected chi connectivity index (χ1v) is 7.84. The van der Waals surface area contributed by atoms with Crippen LogP contribution in [0, 0.1) is 0 Å². The summed E-state index contributed by atoms with van der Waals surface area (Å²) in [4.78, 5) is 13.6. The van der Waals surface area contributed by atoms with Gasteiger partial charge in [0.05, 0.1) is 17.5 Å². The molecule has 2 atom stereocenters. The van der Waals surface area contributed by atoms with Crippen LogP contribution in [-0.2, 0) is 9.84 Å². The van der Waals surface area contributed by atoms with Crippen molar-refractivity contribution >= 4 is 15.9 Å². The molecule has 0 saturated carbocycles. The number of nitrogens with one attached hydrogen (secondary N) is 2. The lowest BCUT2D eigenvalue weighted by atomic mass is 10.1. The zero-order valence-corrected chi connectivity index (χ0v) is 10.8. The highest BCUT2D eigenvalue weighted by molar-refractivity contribution is 7.91. The van der Waals surface area contributed by atoms with E-state index in [0.717, 1.165) is 6.42 Å². The summed E-state index contributed by atoms with van der Waals surface area (Å²) >= 11 is 0. The average Bonchev–Trinajstić information content (AvgIpc) is 2.59. The largest absolute Gasteiger partial charge is 0.338 e. The smallest absolute Gasteiger partial charge is 0.317 e. The summed E-state index contributed by atoms with van der Waals surface area (Å²) < 4.78 is 23.2. The lowest BCUT2D eigenvalue weighted by molar-refractivity contribution is 0.151. The summed E-state index contributed by atoms with van der Waals surface area (Å²) in [7, 11) is -3.00. The SMILES string of the molecule is CCCNC(=O)N1CCN[C@@H]2CS(=O)(=O)C[C@@H]21. The molecule has 0 radical (unpaired) electrons. The lowest BCUT2D eigenvalue weighted by Crippen LogP contribution is -2.61. The van der Waals surface area contributed by atoms with E-state index in [1.807, 2.05) is 6.92 Å². The van der Waals surface area contributed by atoms with Crippen LogP contribution in [0.1, 0.15) is 13.3 Å². The normalized spacial score (nSPS) is 31.0. The van der Waals surface area contributed by atoms with E-state index in [0.29, 0.717) is 19.6 Å². The highest BCUT2D eigenvalue weighted by Gasteiger charge is 2.44. The van der Waals surface area contributed by atoms with Gasteiger partial charge in [-0.3, -0.25) is 0 Å². The van der Waals surface area contributed by atoms with Crippen molar-refractivity contribution in [3.63, 3.8) is 0 Å². The molecule has 0 bridgehead atoms. The van der Waals surface area contributed by atoms with Crippen molar-refractivity contribution < 1.29 is 13.2 Å². The summed E-state index contributed by atoms with van der Waals surface area (Å²) in [6.45, 7) is 3.86. The number of urea groups is 1. The molecule has 17 heavy (non-hydrogen) atoms. The van der Waals surface area contributed by atoms with Gasteiger partial charge in [-0.2, -0.15) is 0 Å². The van der Waals surface area contributed by atoms with Crippen LogP contribution in [0.4, 0.5) is 4.79 Å². The molecule has 2 aliphatic heterocycles. The first-order valence-electron chi connectivity index (χ1n) is 6.02. The van der Waals surface area contributed by atoms with E-state index in [1.54, 1.807) is 4.90 Å². The van der Waals surface area contributed by atoms with Crippen molar-refractivity contribution in [2.45, 2.75) is 25.4 Å². The Morgan fingerprint density at radius 3 is 2.94 bits per heavy atom. The molecule has 0 aromatic rings. The van der Waals surface area contributed by atoms with Crippen molar-refractivity contribution in [3.8, 4) is 0 Å². The molecule has 98 valence electrons. The van der Waals surface area contributed by atoms with Gasteiger partial charge in [-0.15, -0.1) is 0 Å². The Bertz CT molecular complexity index is 396. The van der Waals surface area contributed by atoms with Crippen LogP contribution in [0.3, 0.4) is 0 Å². The molecule has 2 amide bonds. The third-order valence-electron chi connectivity index (χ3n) is 3.27. The molecule has 2 heterocycles. The van der Waals surface area contributed by atoms with Crippen LogP contribution in [-0.4, -0.2) is 62.6 Å². The fourth-order valence-corrected chi connectivity index (χ4v) is 4.41. The van der Waals surface area contributed by atoms with Crippen molar-refractivity contribution in [1.82, 2.24) is 15.5 Å². The van der Waals surface area contributed by atoms with Gasteiger partial charge in [-0.05, 0) is 6.42 Å². The van der Waals surface area contributed by atoms with Crippen molar-refractivity contribution in [3.05, 3.63) is 0 Å². The molecule has 2 rings (SSSR count). The van der Waals surface area contributed by atoms with Crippen LogP contribution in [0.5, 0.6) is 0 Å². The van der Waals surface area contributed by atoms with Gasteiger partial charge in [0.2, 0.25) is 0 Å². The quantitative estimate of drug-likeness (QED) is 0.680. The van der Waals surface area contributed by atoms with E-state index >= 15 is 0 Å². The van der Waals surface area contributed by atoms with Crippen molar-refractivity contribution in [1.29, 1.82) is 0 Å². The minimum atomic E-state index is -3.00. The molecule has 2 N–H and O–H groups in total. The Morgan fingerprint density at radius 2 is 2.24 bits per heavy atom. The Balaban J connectivity index is 2.05. The minimum absolute atomic E-state index is 0.0875. The van der Waals surface area contributed by atoms with Crippen LogP contribution < -0.4 is 10.6 Å².